The smallest absolute Gasteiger partial charge is 0.329 e. The fourth-order valence-electron chi connectivity index (χ4n) is 9.99. The quantitative estimate of drug-likeness (QED) is 0.148. The summed E-state index contributed by atoms with van der Waals surface area (Å²) in [6.45, 7) is 8.28. The summed E-state index contributed by atoms with van der Waals surface area (Å²) in [5.41, 5.74) is 1.78. The Kier molecular flexibility index (Phi) is 11.9. The highest BCUT2D eigenvalue weighted by Gasteiger charge is 2.33. The summed E-state index contributed by atoms with van der Waals surface area (Å²) in [6.07, 6.45) is 8.67. The molecule has 2 N–H and O–H groups in total. The molecule has 18 heteroatoms. The summed E-state index contributed by atoms with van der Waals surface area (Å²) < 4.78 is 40.6. The minimum atomic E-state index is -2.87. The van der Waals surface area contributed by atoms with Gasteiger partial charge in [-0.15, -0.1) is 0 Å². The van der Waals surface area contributed by atoms with Crippen molar-refractivity contribution in [3.8, 4) is 11.8 Å². The van der Waals surface area contributed by atoms with E-state index in [-0.39, 0.29) is 53.9 Å². The van der Waals surface area contributed by atoms with E-state index in [0.29, 0.717) is 47.4 Å². The van der Waals surface area contributed by atoms with Gasteiger partial charge in [0.05, 0.1) is 46.7 Å². The number of ether oxygens (including phenoxy) is 1. The van der Waals surface area contributed by atoms with Crippen molar-refractivity contribution in [3.63, 3.8) is 0 Å². The van der Waals surface area contributed by atoms with Crippen molar-refractivity contribution in [1.82, 2.24) is 43.7 Å². The molecule has 4 aromatic heterocycles. The topological polar surface area (TPSA) is 166 Å². The van der Waals surface area contributed by atoms with Crippen LogP contribution < -0.4 is 21.2 Å². The lowest BCUT2D eigenvalue weighted by Crippen LogP contribution is -2.45. The molecule has 9 rings (SSSR count). The van der Waals surface area contributed by atoms with Crippen molar-refractivity contribution in [3.05, 3.63) is 70.2 Å². The molecule has 16 nitrogen and oxygen atoms in total. The van der Waals surface area contributed by atoms with Crippen molar-refractivity contribution < 1.29 is 27.9 Å². The highest BCUT2D eigenvalue weighted by atomic mass is 19.3. The van der Waals surface area contributed by atoms with E-state index in [2.05, 4.69) is 42.5 Å². The number of carbonyl (C=O) groups is 3. The largest absolute Gasteiger partial charge is 0.372 e. The predicted molar refractivity (Wildman–Crippen MR) is 231 cm³/mol. The predicted octanol–water partition coefficient (Wildman–Crippen LogP) is 5.25. The molecule has 1 unspecified atom stereocenters. The lowest BCUT2D eigenvalue weighted by molar-refractivity contribution is -0.135. The van der Waals surface area contributed by atoms with Gasteiger partial charge in [-0.25, -0.2) is 23.1 Å². The number of benzene rings is 1. The average molecular weight is 866 g/mol. The van der Waals surface area contributed by atoms with E-state index in [1.165, 1.54) is 26.0 Å². The Morgan fingerprint density at radius 2 is 1.76 bits per heavy atom. The number of imidazole rings is 1. The zero-order valence-electron chi connectivity index (χ0n) is 35.8. The molecule has 5 aromatic rings. The number of hydrogen-bond donors (Lipinski definition) is 2. The van der Waals surface area contributed by atoms with Crippen LogP contribution in [0.25, 0.3) is 16.7 Å². The Hall–Kier alpha value is -5.93. The minimum absolute atomic E-state index is 0.0115. The molecule has 3 atom stereocenters. The van der Waals surface area contributed by atoms with Crippen molar-refractivity contribution in [1.29, 1.82) is 0 Å². The van der Waals surface area contributed by atoms with E-state index in [9.17, 15) is 28.0 Å². The summed E-state index contributed by atoms with van der Waals surface area (Å²) in [5.74, 6) is 6.96. The van der Waals surface area contributed by atoms with Crippen LogP contribution in [-0.2, 0) is 21.4 Å². The molecule has 4 fully saturated rings. The molecule has 3 amide bonds. The lowest BCUT2D eigenvalue weighted by atomic mass is 9.85. The summed E-state index contributed by atoms with van der Waals surface area (Å²) in [6, 6.07) is 6.61. The number of alkyl halides is 2. The molecule has 3 saturated heterocycles. The number of carbonyl (C=O) groups excluding carboxylic acids is 3. The monoisotopic (exact) mass is 865 g/mol. The fraction of sp³-hybridized carbons (Fsp3) is 0.533. The van der Waals surface area contributed by atoms with Gasteiger partial charge >= 0.3 is 5.69 Å². The van der Waals surface area contributed by atoms with E-state index in [1.807, 2.05) is 38.1 Å². The van der Waals surface area contributed by atoms with Crippen LogP contribution >= 0.6 is 0 Å². The van der Waals surface area contributed by atoms with Gasteiger partial charge in [-0.05, 0) is 102 Å². The van der Waals surface area contributed by atoms with Crippen LogP contribution in [0.5, 0.6) is 0 Å². The molecule has 7 heterocycles. The van der Waals surface area contributed by atoms with Gasteiger partial charge < -0.3 is 19.9 Å². The number of aryl methyl sites for hydroxylation is 1. The zero-order valence-corrected chi connectivity index (χ0v) is 35.8. The lowest BCUT2D eigenvalue weighted by Gasteiger charge is -2.36. The van der Waals surface area contributed by atoms with E-state index in [0.717, 1.165) is 70.1 Å². The molecule has 332 valence electrons. The SMILES string of the molecule is C[C@H]1CN(c2ccn3ncc(C(=O)Nc4cn(C5CCC(CN6CCC(CC#Cc7cccc8c7n(C)c(=O)n8C7CCC(=O)NC7=O)CC6)CC5)nc4C(F)F)c3n2)C[C@H](C)O1. The molecular formula is C45H53F2N11O5. The van der Waals surface area contributed by atoms with Crippen LogP contribution in [0.1, 0.15) is 112 Å². The van der Waals surface area contributed by atoms with Gasteiger partial charge in [0, 0.05) is 51.9 Å². The number of anilines is 2. The van der Waals surface area contributed by atoms with E-state index in [4.69, 9.17) is 9.72 Å². The Balaban J connectivity index is 0.770. The van der Waals surface area contributed by atoms with Crippen LogP contribution in [-0.4, -0.2) is 101 Å². The first-order valence-electron chi connectivity index (χ1n) is 22.1. The molecule has 4 aliphatic rings. The van der Waals surface area contributed by atoms with Gasteiger partial charge in [-0.2, -0.15) is 10.2 Å². The van der Waals surface area contributed by atoms with Gasteiger partial charge in [-0.1, -0.05) is 17.9 Å². The van der Waals surface area contributed by atoms with Crippen molar-refractivity contribution in [2.45, 2.75) is 102 Å². The van der Waals surface area contributed by atoms with Crippen LogP contribution in [0.2, 0.25) is 0 Å². The second-order valence-corrected chi connectivity index (χ2v) is 17.7. The maximum Gasteiger partial charge on any atom is 0.329 e. The molecule has 1 aliphatic carbocycles. The summed E-state index contributed by atoms with van der Waals surface area (Å²) in [4.78, 5) is 60.6. The highest BCUT2D eigenvalue weighted by molar-refractivity contribution is 6.08. The van der Waals surface area contributed by atoms with Gasteiger partial charge in [0.25, 0.3) is 12.3 Å². The number of likely N-dealkylation sites (tertiary alicyclic amines) is 1. The Bertz CT molecular complexity index is 2650. The normalized spacial score (nSPS) is 23.9. The first-order valence-corrected chi connectivity index (χ1v) is 22.1. The molecule has 1 aromatic carbocycles. The van der Waals surface area contributed by atoms with Gasteiger partial charge in [0.15, 0.2) is 11.3 Å². The molecule has 63 heavy (non-hydrogen) atoms. The Labute approximate surface area is 362 Å². The third-order valence-electron chi connectivity index (χ3n) is 13.2. The number of piperidine rings is 2. The first-order chi connectivity index (χ1) is 30.4. The minimum Gasteiger partial charge on any atom is -0.372 e. The number of aromatic nitrogens is 7. The average Bonchev–Trinajstić information content (AvgIpc) is 3.96. The maximum absolute atomic E-state index is 14.3. The van der Waals surface area contributed by atoms with Crippen molar-refractivity contribution >= 4 is 45.9 Å². The number of amides is 3. The van der Waals surface area contributed by atoms with Crippen LogP contribution in [0.15, 0.2) is 47.7 Å². The Morgan fingerprint density at radius 3 is 2.49 bits per heavy atom. The van der Waals surface area contributed by atoms with Crippen LogP contribution in [0.4, 0.5) is 20.3 Å². The first kappa shape index (κ1) is 42.4. The van der Waals surface area contributed by atoms with Crippen molar-refractivity contribution in [2.24, 2.45) is 18.9 Å². The molecule has 0 spiro atoms. The van der Waals surface area contributed by atoms with Crippen LogP contribution in [0, 0.1) is 23.7 Å². The molecule has 0 bridgehead atoms. The van der Waals surface area contributed by atoms with Gasteiger partial charge in [0.1, 0.15) is 17.4 Å². The number of morpholine rings is 1. The van der Waals surface area contributed by atoms with Crippen molar-refractivity contribution in [2.75, 3.05) is 42.9 Å². The fourth-order valence-corrected chi connectivity index (χ4v) is 9.99. The van der Waals surface area contributed by atoms with E-state index < -0.39 is 30.0 Å². The number of nitrogens with one attached hydrogen (secondary N) is 2. The third kappa shape index (κ3) is 8.72. The van der Waals surface area contributed by atoms with E-state index >= 15 is 0 Å². The highest BCUT2D eigenvalue weighted by Crippen LogP contribution is 2.36. The third-order valence-corrected chi connectivity index (χ3v) is 13.2. The maximum atomic E-state index is 14.3. The molecular weight excluding hydrogens is 813 g/mol. The summed E-state index contributed by atoms with van der Waals surface area (Å²) in [7, 11) is 1.69. The number of fused-ring (bicyclic) bond motifs is 2. The number of hydrogen-bond acceptors (Lipinski definition) is 10. The Morgan fingerprint density at radius 1 is 1.00 bits per heavy atom. The zero-order chi connectivity index (χ0) is 43.9. The summed E-state index contributed by atoms with van der Waals surface area (Å²) in [5, 5.41) is 13.6. The van der Waals surface area contributed by atoms with Crippen LogP contribution in [0.3, 0.4) is 0 Å². The second kappa shape index (κ2) is 17.7. The standard InChI is InChI=1S/C45H53F2N11O5/c1-27-23-55(24-28(2)63-27)37-18-21-56-42(50-37)33(22-48-56)43(60)49-34-26-57(52-39(34)41(46)47)32-12-10-30(11-13-32)25-54-19-16-29(17-20-54)6-4-7-31-8-5-9-35-40(31)53(3)45(62)58(35)36-14-15-38(59)51-44(36)61/h5,8-9,18,21-22,26-30,32,36,41H,6,10-17,19-20,23-25H2,1-3H3,(H,49,60)(H,51,59,61)/t27-,28-,30?,32?,36?/m0/s1. The number of nitrogens with zero attached hydrogens (tertiary/aromatic N) is 9. The van der Waals surface area contributed by atoms with Gasteiger partial charge in [0.2, 0.25) is 11.8 Å². The molecule has 0 radical (unpaired) electrons. The van der Waals surface area contributed by atoms with E-state index in [1.54, 1.807) is 17.9 Å². The number of imide groups is 1. The number of para-hydroxylation sites is 1. The second-order valence-electron chi connectivity index (χ2n) is 17.7. The molecule has 3 aliphatic heterocycles. The van der Waals surface area contributed by atoms with Gasteiger partial charge in [-0.3, -0.25) is 33.5 Å². The number of rotatable bonds is 9. The molecule has 1 saturated carbocycles. The number of halogens is 2. The summed E-state index contributed by atoms with van der Waals surface area (Å²) >= 11 is 0.